The molecule has 2 aromatic heterocycles. The number of nitrogens with zero attached hydrogens (tertiary/aromatic N) is 2. The highest BCUT2D eigenvalue weighted by Crippen LogP contribution is 2.28. The van der Waals surface area contributed by atoms with Crippen molar-refractivity contribution >= 4 is 27.7 Å². The van der Waals surface area contributed by atoms with E-state index in [1.54, 1.807) is 19.9 Å². The fraction of sp³-hybridized carbons (Fsp3) is 0.133. The highest BCUT2D eigenvalue weighted by molar-refractivity contribution is 9.10. The maximum atomic E-state index is 12.5. The third-order valence-corrected chi connectivity index (χ3v) is 3.59. The molecule has 3 aromatic rings. The molecule has 0 aliphatic heterocycles. The summed E-state index contributed by atoms with van der Waals surface area (Å²) in [6.45, 7) is 3.47. The summed E-state index contributed by atoms with van der Waals surface area (Å²) in [6, 6.07) is 9.08. The van der Waals surface area contributed by atoms with E-state index < -0.39 is 0 Å². The Kier molecular flexibility index (Phi) is 3.81. The van der Waals surface area contributed by atoms with E-state index in [9.17, 15) is 4.79 Å². The van der Waals surface area contributed by atoms with Crippen molar-refractivity contribution < 1.29 is 13.8 Å². The van der Waals surface area contributed by atoms with Crippen molar-refractivity contribution in [3.05, 3.63) is 51.8 Å². The van der Waals surface area contributed by atoms with Crippen LogP contribution < -0.4 is 5.32 Å². The minimum absolute atomic E-state index is 0.343. The number of halogens is 1. The third kappa shape index (κ3) is 2.80. The van der Waals surface area contributed by atoms with Gasteiger partial charge in [0.05, 0.1) is 5.69 Å². The summed E-state index contributed by atoms with van der Waals surface area (Å²) < 4.78 is 11.2. The summed E-state index contributed by atoms with van der Waals surface area (Å²) >= 11 is 3.37. The molecule has 0 aliphatic carbocycles. The minimum atomic E-state index is -0.343. The largest absolute Gasteiger partial charge is 0.360 e. The summed E-state index contributed by atoms with van der Waals surface area (Å²) in [6.07, 6.45) is 0. The Hall–Kier alpha value is -2.41. The van der Waals surface area contributed by atoms with Gasteiger partial charge in [-0.05, 0) is 38.1 Å². The molecule has 7 heteroatoms. The van der Waals surface area contributed by atoms with Gasteiger partial charge in [-0.3, -0.25) is 4.79 Å². The number of aryl methyl sites for hydroxylation is 2. The SMILES string of the molecule is Cc1cc(NC(=O)c2c(C)noc2-c2ccc(Br)cc2)no1. The first-order valence-electron chi connectivity index (χ1n) is 6.51. The van der Waals surface area contributed by atoms with Gasteiger partial charge < -0.3 is 14.4 Å². The lowest BCUT2D eigenvalue weighted by Crippen LogP contribution is -2.13. The maximum absolute atomic E-state index is 12.5. The van der Waals surface area contributed by atoms with Crippen LogP contribution >= 0.6 is 15.9 Å². The van der Waals surface area contributed by atoms with Crippen molar-refractivity contribution in [3.63, 3.8) is 0 Å². The zero-order valence-corrected chi connectivity index (χ0v) is 13.5. The lowest BCUT2D eigenvalue weighted by atomic mass is 10.1. The van der Waals surface area contributed by atoms with E-state index in [1.807, 2.05) is 24.3 Å². The Morgan fingerprint density at radius 1 is 1.14 bits per heavy atom. The molecule has 3 rings (SSSR count). The van der Waals surface area contributed by atoms with Gasteiger partial charge in [0, 0.05) is 16.1 Å². The molecule has 1 N–H and O–H groups in total. The van der Waals surface area contributed by atoms with E-state index in [1.165, 1.54) is 0 Å². The molecule has 0 fully saturated rings. The number of nitrogens with one attached hydrogen (secondary N) is 1. The summed E-state index contributed by atoms with van der Waals surface area (Å²) in [7, 11) is 0. The van der Waals surface area contributed by atoms with Gasteiger partial charge in [0.25, 0.3) is 5.91 Å². The predicted molar refractivity (Wildman–Crippen MR) is 83.6 cm³/mol. The van der Waals surface area contributed by atoms with Gasteiger partial charge in [0.2, 0.25) is 0 Å². The van der Waals surface area contributed by atoms with Crippen molar-refractivity contribution in [1.29, 1.82) is 0 Å². The highest BCUT2D eigenvalue weighted by atomic mass is 79.9. The molecule has 112 valence electrons. The molecule has 2 heterocycles. The Balaban J connectivity index is 1.95. The molecule has 6 nitrogen and oxygen atoms in total. The zero-order valence-electron chi connectivity index (χ0n) is 11.9. The first-order chi connectivity index (χ1) is 10.5. The number of benzene rings is 1. The fourth-order valence-electron chi connectivity index (χ4n) is 2.04. The summed E-state index contributed by atoms with van der Waals surface area (Å²) in [5.41, 5.74) is 1.66. The Bertz CT molecular complexity index is 821. The number of anilines is 1. The van der Waals surface area contributed by atoms with Crippen molar-refractivity contribution in [2.45, 2.75) is 13.8 Å². The van der Waals surface area contributed by atoms with Crippen LogP contribution in [0.2, 0.25) is 0 Å². The van der Waals surface area contributed by atoms with Crippen LogP contribution in [0.5, 0.6) is 0 Å². The zero-order chi connectivity index (χ0) is 15.7. The third-order valence-electron chi connectivity index (χ3n) is 3.07. The van der Waals surface area contributed by atoms with Crippen LogP contribution in [-0.2, 0) is 0 Å². The van der Waals surface area contributed by atoms with Gasteiger partial charge in [-0.2, -0.15) is 0 Å². The molecule has 0 bridgehead atoms. The second-order valence-electron chi connectivity index (χ2n) is 4.76. The molecule has 0 saturated heterocycles. The van der Waals surface area contributed by atoms with E-state index >= 15 is 0 Å². The number of hydrogen-bond acceptors (Lipinski definition) is 5. The lowest BCUT2D eigenvalue weighted by molar-refractivity contribution is 0.102. The Morgan fingerprint density at radius 2 is 1.86 bits per heavy atom. The predicted octanol–water partition coefficient (Wildman–Crippen LogP) is 3.96. The van der Waals surface area contributed by atoms with E-state index in [2.05, 4.69) is 31.6 Å². The molecule has 1 aromatic carbocycles. The molecular weight excluding hydrogens is 350 g/mol. The number of hydrogen-bond donors (Lipinski definition) is 1. The standard InChI is InChI=1S/C15H12BrN3O3/c1-8-7-12(19-21-8)17-15(20)13-9(2)18-22-14(13)10-3-5-11(16)6-4-10/h3-7H,1-2H3,(H,17,19,20). The van der Waals surface area contributed by atoms with Crippen LogP contribution in [-0.4, -0.2) is 16.2 Å². The van der Waals surface area contributed by atoms with Crippen LogP contribution in [0.4, 0.5) is 5.82 Å². The minimum Gasteiger partial charge on any atom is -0.360 e. The average Bonchev–Trinajstić information content (AvgIpc) is 3.06. The number of carbonyl (C=O) groups excluding carboxylic acids is 1. The maximum Gasteiger partial charge on any atom is 0.262 e. The number of rotatable bonds is 3. The van der Waals surface area contributed by atoms with Gasteiger partial charge in [0.15, 0.2) is 11.6 Å². The van der Waals surface area contributed by atoms with Gasteiger partial charge >= 0.3 is 0 Å². The van der Waals surface area contributed by atoms with E-state index in [0.717, 1.165) is 10.0 Å². The quantitative estimate of drug-likeness (QED) is 0.763. The van der Waals surface area contributed by atoms with E-state index in [-0.39, 0.29) is 5.91 Å². The molecular formula is C15H12BrN3O3. The van der Waals surface area contributed by atoms with Crippen molar-refractivity contribution in [3.8, 4) is 11.3 Å². The summed E-state index contributed by atoms with van der Waals surface area (Å²) in [5.74, 6) is 1.04. The highest BCUT2D eigenvalue weighted by Gasteiger charge is 2.22. The fourth-order valence-corrected chi connectivity index (χ4v) is 2.30. The van der Waals surface area contributed by atoms with Crippen LogP contribution in [0.15, 0.2) is 43.9 Å². The second-order valence-corrected chi connectivity index (χ2v) is 5.67. The van der Waals surface area contributed by atoms with Crippen molar-refractivity contribution in [1.82, 2.24) is 10.3 Å². The average molecular weight is 362 g/mol. The van der Waals surface area contributed by atoms with Crippen LogP contribution in [0.1, 0.15) is 21.8 Å². The first-order valence-corrected chi connectivity index (χ1v) is 7.31. The molecule has 0 radical (unpaired) electrons. The number of amides is 1. The number of aromatic nitrogens is 2. The molecule has 1 amide bonds. The normalized spacial score (nSPS) is 10.7. The molecule has 0 saturated carbocycles. The lowest BCUT2D eigenvalue weighted by Gasteiger charge is -2.03. The van der Waals surface area contributed by atoms with Gasteiger partial charge in [-0.25, -0.2) is 0 Å². The summed E-state index contributed by atoms with van der Waals surface area (Å²) in [4.78, 5) is 12.5. The first kappa shape index (κ1) is 14.5. The molecule has 0 atom stereocenters. The van der Waals surface area contributed by atoms with Gasteiger partial charge in [0.1, 0.15) is 11.3 Å². The Morgan fingerprint density at radius 3 is 2.50 bits per heavy atom. The van der Waals surface area contributed by atoms with Crippen LogP contribution in [0.3, 0.4) is 0 Å². The van der Waals surface area contributed by atoms with Gasteiger partial charge in [-0.1, -0.05) is 26.2 Å². The second kappa shape index (κ2) is 5.76. The topological polar surface area (TPSA) is 81.2 Å². The van der Waals surface area contributed by atoms with Crippen molar-refractivity contribution in [2.75, 3.05) is 5.32 Å². The van der Waals surface area contributed by atoms with Gasteiger partial charge in [-0.15, -0.1) is 0 Å². The van der Waals surface area contributed by atoms with Crippen molar-refractivity contribution in [2.24, 2.45) is 0 Å². The smallest absolute Gasteiger partial charge is 0.262 e. The molecule has 0 unspecified atom stereocenters. The monoisotopic (exact) mass is 361 g/mol. The van der Waals surface area contributed by atoms with Crippen LogP contribution in [0.25, 0.3) is 11.3 Å². The summed E-state index contributed by atoms with van der Waals surface area (Å²) in [5, 5.41) is 10.3. The van der Waals surface area contributed by atoms with E-state index in [0.29, 0.717) is 28.6 Å². The number of carbonyl (C=O) groups is 1. The molecule has 0 aliphatic rings. The molecule has 0 spiro atoms. The van der Waals surface area contributed by atoms with Crippen LogP contribution in [0, 0.1) is 13.8 Å². The molecule has 22 heavy (non-hydrogen) atoms. The Labute approximate surface area is 134 Å². The van der Waals surface area contributed by atoms with E-state index in [4.69, 9.17) is 9.05 Å².